The highest BCUT2D eigenvalue weighted by molar-refractivity contribution is 6.08. The summed E-state index contributed by atoms with van der Waals surface area (Å²) in [4.78, 5) is 33.1. The van der Waals surface area contributed by atoms with Crippen LogP contribution >= 0.6 is 0 Å². The summed E-state index contributed by atoms with van der Waals surface area (Å²) >= 11 is 0. The van der Waals surface area contributed by atoms with Crippen LogP contribution in [0.2, 0.25) is 0 Å². The number of fused-ring (bicyclic) bond motifs is 1. The minimum Gasteiger partial charge on any atom is -0.355 e. The van der Waals surface area contributed by atoms with E-state index in [4.69, 9.17) is 0 Å². The van der Waals surface area contributed by atoms with Crippen molar-refractivity contribution in [2.45, 2.75) is 13.3 Å². The molecule has 0 atom stereocenters. The van der Waals surface area contributed by atoms with E-state index in [2.05, 4.69) is 20.6 Å². The fraction of sp³-hybridized carbons (Fsp3) is 0.200. The van der Waals surface area contributed by atoms with Crippen LogP contribution in [0.3, 0.4) is 0 Å². The Bertz CT molecular complexity index is 926. The third-order valence-electron chi connectivity index (χ3n) is 3.92. The molecule has 0 saturated heterocycles. The molecule has 2 aromatic heterocycles. The van der Waals surface area contributed by atoms with E-state index in [1.165, 1.54) is 0 Å². The molecular weight excluding hydrogens is 328 g/mol. The van der Waals surface area contributed by atoms with Crippen LogP contribution in [0.4, 0.5) is 0 Å². The number of para-hydroxylation sites is 1. The molecule has 0 aliphatic heterocycles. The first-order valence-corrected chi connectivity index (χ1v) is 8.54. The molecule has 2 N–H and O–H groups in total. The van der Waals surface area contributed by atoms with Gasteiger partial charge in [-0.25, -0.2) is 4.98 Å². The van der Waals surface area contributed by atoms with Gasteiger partial charge in [-0.2, -0.15) is 0 Å². The van der Waals surface area contributed by atoms with Crippen molar-refractivity contribution < 1.29 is 9.59 Å². The third-order valence-corrected chi connectivity index (χ3v) is 3.92. The maximum atomic E-state index is 12.7. The quantitative estimate of drug-likeness (QED) is 0.717. The second-order valence-electron chi connectivity index (χ2n) is 5.84. The van der Waals surface area contributed by atoms with Gasteiger partial charge in [-0.3, -0.25) is 14.6 Å². The fourth-order valence-electron chi connectivity index (χ4n) is 2.62. The van der Waals surface area contributed by atoms with Gasteiger partial charge in [0.1, 0.15) is 0 Å². The molecule has 0 bridgehead atoms. The molecule has 2 amide bonds. The molecule has 6 heteroatoms. The second kappa shape index (κ2) is 8.20. The maximum Gasteiger partial charge on any atom is 0.252 e. The van der Waals surface area contributed by atoms with Gasteiger partial charge in [0.15, 0.2) is 0 Å². The van der Waals surface area contributed by atoms with Crippen LogP contribution in [0.15, 0.2) is 54.9 Å². The second-order valence-corrected chi connectivity index (χ2v) is 5.84. The molecule has 26 heavy (non-hydrogen) atoms. The minimum atomic E-state index is -0.300. The van der Waals surface area contributed by atoms with Crippen LogP contribution < -0.4 is 10.6 Å². The summed E-state index contributed by atoms with van der Waals surface area (Å²) in [6.07, 6.45) is 4.22. The largest absolute Gasteiger partial charge is 0.355 e. The number of pyridine rings is 2. The molecule has 3 rings (SSSR count). The number of nitrogens with zero attached hydrogens (tertiary/aromatic N) is 2. The van der Waals surface area contributed by atoms with E-state index in [1.54, 1.807) is 18.5 Å². The summed E-state index contributed by atoms with van der Waals surface area (Å²) in [6.45, 7) is 2.52. The van der Waals surface area contributed by atoms with E-state index >= 15 is 0 Å². The Morgan fingerprint density at radius 1 is 1.04 bits per heavy atom. The smallest absolute Gasteiger partial charge is 0.252 e. The molecule has 0 aliphatic rings. The molecule has 0 radical (unpaired) electrons. The number of nitrogens with one attached hydrogen (secondary N) is 2. The lowest BCUT2D eigenvalue weighted by Gasteiger charge is -2.10. The predicted octanol–water partition coefficient (Wildman–Crippen LogP) is 2.55. The molecule has 3 aromatic rings. The average Bonchev–Trinajstić information content (AvgIpc) is 2.70. The number of hydrogen-bond donors (Lipinski definition) is 2. The number of hydrogen-bond acceptors (Lipinski definition) is 4. The standard InChI is InChI=1S/C20H20N4O2/c1-2-9-22-19(25)13-23-20(26)16-12-18(14-7-10-21-11-8-14)24-17-6-4-3-5-15(16)17/h3-8,10-12H,2,9,13H2,1H3,(H,22,25)(H,23,26). The van der Waals surface area contributed by atoms with E-state index in [0.717, 1.165) is 22.9 Å². The number of benzene rings is 1. The van der Waals surface area contributed by atoms with Crippen LogP contribution in [-0.4, -0.2) is 34.9 Å². The van der Waals surface area contributed by atoms with Crippen molar-refractivity contribution in [2.24, 2.45) is 0 Å². The van der Waals surface area contributed by atoms with Crippen LogP contribution in [-0.2, 0) is 4.79 Å². The Hall–Kier alpha value is -3.28. The first kappa shape index (κ1) is 17.5. The zero-order valence-electron chi connectivity index (χ0n) is 14.5. The van der Waals surface area contributed by atoms with E-state index in [9.17, 15) is 9.59 Å². The highest BCUT2D eigenvalue weighted by Crippen LogP contribution is 2.24. The van der Waals surface area contributed by atoms with Gasteiger partial charge in [0.2, 0.25) is 5.91 Å². The Morgan fingerprint density at radius 2 is 1.81 bits per heavy atom. The van der Waals surface area contributed by atoms with E-state index in [0.29, 0.717) is 17.8 Å². The van der Waals surface area contributed by atoms with Crippen molar-refractivity contribution >= 4 is 22.7 Å². The zero-order chi connectivity index (χ0) is 18.4. The first-order chi connectivity index (χ1) is 12.7. The highest BCUT2D eigenvalue weighted by Gasteiger charge is 2.14. The van der Waals surface area contributed by atoms with Gasteiger partial charge in [-0.1, -0.05) is 25.1 Å². The highest BCUT2D eigenvalue weighted by atomic mass is 16.2. The molecule has 0 aliphatic carbocycles. The number of carbonyl (C=O) groups excluding carboxylic acids is 2. The molecule has 2 heterocycles. The van der Waals surface area contributed by atoms with Crippen LogP contribution in [0.5, 0.6) is 0 Å². The summed E-state index contributed by atoms with van der Waals surface area (Å²) in [5, 5.41) is 6.17. The minimum absolute atomic E-state index is 0.0555. The Labute approximate surface area is 151 Å². The lowest BCUT2D eigenvalue weighted by atomic mass is 10.0. The number of amides is 2. The fourth-order valence-corrected chi connectivity index (χ4v) is 2.62. The van der Waals surface area contributed by atoms with Crippen molar-refractivity contribution in [3.63, 3.8) is 0 Å². The monoisotopic (exact) mass is 348 g/mol. The van der Waals surface area contributed by atoms with Gasteiger partial charge in [-0.15, -0.1) is 0 Å². The molecular formula is C20H20N4O2. The molecule has 0 fully saturated rings. The van der Waals surface area contributed by atoms with Crippen LogP contribution in [0.25, 0.3) is 22.2 Å². The lowest BCUT2D eigenvalue weighted by molar-refractivity contribution is -0.120. The van der Waals surface area contributed by atoms with Crippen molar-refractivity contribution in [2.75, 3.05) is 13.1 Å². The SMILES string of the molecule is CCCNC(=O)CNC(=O)c1cc(-c2ccncc2)nc2ccccc12. The van der Waals surface area contributed by atoms with E-state index in [1.807, 2.05) is 43.3 Å². The van der Waals surface area contributed by atoms with Crippen molar-refractivity contribution in [1.29, 1.82) is 0 Å². The Kier molecular flexibility index (Phi) is 5.53. The Balaban J connectivity index is 1.91. The molecule has 132 valence electrons. The van der Waals surface area contributed by atoms with Gasteiger partial charge in [-0.05, 0) is 30.7 Å². The molecule has 0 unspecified atom stereocenters. The maximum absolute atomic E-state index is 12.7. The van der Waals surface area contributed by atoms with Crippen molar-refractivity contribution in [3.8, 4) is 11.3 Å². The number of carbonyl (C=O) groups is 2. The van der Waals surface area contributed by atoms with E-state index < -0.39 is 0 Å². The molecule has 1 aromatic carbocycles. The Morgan fingerprint density at radius 3 is 2.58 bits per heavy atom. The van der Waals surface area contributed by atoms with Gasteiger partial charge in [0, 0.05) is 29.9 Å². The summed E-state index contributed by atoms with van der Waals surface area (Å²) in [6, 6.07) is 12.9. The van der Waals surface area contributed by atoms with Gasteiger partial charge in [0.05, 0.1) is 23.3 Å². The molecule has 0 saturated carbocycles. The van der Waals surface area contributed by atoms with E-state index in [-0.39, 0.29) is 18.4 Å². The first-order valence-electron chi connectivity index (χ1n) is 8.54. The predicted molar refractivity (Wildman–Crippen MR) is 101 cm³/mol. The summed E-state index contributed by atoms with van der Waals surface area (Å²) in [5.74, 6) is -0.501. The lowest BCUT2D eigenvalue weighted by Crippen LogP contribution is -2.37. The van der Waals surface area contributed by atoms with Gasteiger partial charge >= 0.3 is 0 Å². The third kappa shape index (κ3) is 4.03. The topological polar surface area (TPSA) is 84.0 Å². The van der Waals surface area contributed by atoms with Gasteiger partial charge in [0.25, 0.3) is 5.91 Å². The van der Waals surface area contributed by atoms with Gasteiger partial charge < -0.3 is 10.6 Å². The van der Waals surface area contributed by atoms with Crippen molar-refractivity contribution in [1.82, 2.24) is 20.6 Å². The summed E-state index contributed by atoms with van der Waals surface area (Å²) in [5.41, 5.74) is 2.78. The zero-order valence-corrected chi connectivity index (χ0v) is 14.5. The summed E-state index contributed by atoms with van der Waals surface area (Å²) in [7, 11) is 0. The molecule has 6 nitrogen and oxygen atoms in total. The average molecular weight is 348 g/mol. The number of rotatable bonds is 6. The van der Waals surface area contributed by atoms with Crippen LogP contribution in [0, 0.1) is 0 Å². The summed E-state index contributed by atoms with van der Waals surface area (Å²) < 4.78 is 0. The number of aromatic nitrogens is 2. The molecule has 0 spiro atoms. The van der Waals surface area contributed by atoms with Crippen LogP contribution in [0.1, 0.15) is 23.7 Å². The van der Waals surface area contributed by atoms with Crippen molar-refractivity contribution in [3.05, 3.63) is 60.4 Å². The normalized spacial score (nSPS) is 10.5.